The highest BCUT2D eigenvalue weighted by Gasteiger charge is 2.40. The number of nitrogens with zero attached hydrogens (tertiary/aromatic N) is 4. The van der Waals surface area contributed by atoms with Crippen LogP contribution in [0.5, 0.6) is 0 Å². The summed E-state index contributed by atoms with van der Waals surface area (Å²) in [5.74, 6) is -2.19. The Morgan fingerprint density at radius 1 is 1.26 bits per heavy atom. The van der Waals surface area contributed by atoms with Crippen LogP contribution in [0.4, 0.5) is 17.6 Å². The van der Waals surface area contributed by atoms with Crippen molar-refractivity contribution in [3.63, 3.8) is 0 Å². The van der Waals surface area contributed by atoms with Crippen molar-refractivity contribution in [3.05, 3.63) is 45.1 Å². The number of aromatic nitrogens is 3. The van der Waals surface area contributed by atoms with Gasteiger partial charge in [-0.1, -0.05) is 6.07 Å². The molecule has 0 aliphatic carbocycles. The second-order valence-corrected chi connectivity index (χ2v) is 9.55. The topological polar surface area (TPSA) is 111 Å². The molecule has 1 saturated heterocycles. The number of rotatable bonds is 6. The second kappa shape index (κ2) is 9.06. The summed E-state index contributed by atoms with van der Waals surface area (Å²) in [7, 11) is 0. The van der Waals surface area contributed by atoms with Crippen LogP contribution in [0.2, 0.25) is 0 Å². The third-order valence-electron chi connectivity index (χ3n) is 5.29. The fourth-order valence-corrected chi connectivity index (χ4v) is 5.21. The van der Waals surface area contributed by atoms with Gasteiger partial charge in [0.2, 0.25) is 5.91 Å². The van der Waals surface area contributed by atoms with E-state index in [2.05, 4.69) is 26.0 Å². The van der Waals surface area contributed by atoms with Crippen molar-refractivity contribution in [2.75, 3.05) is 6.54 Å². The smallest absolute Gasteiger partial charge is 0.364 e. The second-order valence-electron chi connectivity index (χ2n) is 7.68. The minimum Gasteiger partial charge on any atom is -0.364 e. The minimum atomic E-state index is -4.66. The molecule has 2 N–H and O–H groups in total. The molecular weight excluding hydrogens is 546 g/mol. The number of halogens is 5. The summed E-state index contributed by atoms with van der Waals surface area (Å²) in [4.78, 5) is 41.8. The minimum absolute atomic E-state index is 0.100. The first-order valence-electron chi connectivity index (χ1n) is 9.89. The lowest BCUT2D eigenvalue weighted by atomic mass is 10.0. The highest BCUT2D eigenvalue weighted by Crippen LogP contribution is 2.39. The molecule has 3 aromatic heterocycles. The van der Waals surface area contributed by atoms with Gasteiger partial charge < -0.3 is 10.6 Å². The molecule has 3 aromatic rings. The number of alkyl halides is 4. The van der Waals surface area contributed by atoms with Crippen LogP contribution in [-0.4, -0.2) is 56.0 Å². The molecule has 0 radical (unpaired) electrons. The van der Waals surface area contributed by atoms with Gasteiger partial charge in [0.1, 0.15) is 22.2 Å². The van der Waals surface area contributed by atoms with Gasteiger partial charge in [-0.15, -0.1) is 11.3 Å². The number of amides is 2. The first-order chi connectivity index (χ1) is 15.9. The van der Waals surface area contributed by atoms with Crippen molar-refractivity contribution in [2.45, 2.75) is 37.8 Å². The highest BCUT2D eigenvalue weighted by molar-refractivity contribution is 9.10. The maximum absolute atomic E-state index is 14.2. The number of likely N-dealkylation sites (tertiary alicyclic amines) is 1. The number of hydrogen-bond acceptors (Lipinski definition) is 6. The maximum atomic E-state index is 14.2. The number of ketones is 1. The van der Waals surface area contributed by atoms with E-state index in [1.54, 1.807) is 18.2 Å². The Morgan fingerprint density at radius 2 is 2.00 bits per heavy atom. The van der Waals surface area contributed by atoms with Crippen molar-refractivity contribution in [1.82, 2.24) is 19.7 Å². The van der Waals surface area contributed by atoms with Gasteiger partial charge in [-0.2, -0.15) is 18.3 Å². The van der Waals surface area contributed by atoms with Crippen LogP contribution in [0.1, 0.15) is 27.5 Å². The molecule has 34 heavy (non-hydrogen) atoms. The Labute approximate surface area is 201 Å². The molecule has 0 aromatic carbocycles. The van der Waals surface area contributed by atoms with E-state index in [4.69, 9.17) is 5.73 Å². The average Bonchev–Trinajstić information content (AvgIpc) is 3.41. The number of nitrogens with two attached hydrogens (primary N) is 1. The van der Waals surface area contributed by atoms with Crippen molar-refractivity contribution in [3.8, 4) is 0 Å². The molecule has 14 heteroatoms. The molecule has 1 fully saturated rings. The maximum Gasteiger partial charge on any atom is 0.425 e. The van der Waals surface area contributed by atoms with Gasteiger partial charge in [0.05, 0.1) is 29.2 Å². The largest absolute Gasteiger partial charge is 0.425 e. The Bertz CT molecular complexity index is 1290. The molecule has 0 unspecified atom stereocenters. The predicted octanol–water partition coefficient (Wildman–Crippen LogP) is 3.12. The molecule has 4 rings (SSSR count). The van der Waals surface area contributed by atoms with Gasteiger partial charge >= 0.3 is 6.18 Å². The summed E-state index contributed by atoms with van der Waals surface area (Å²) in [6.45, 7) is -0.935. The molecule has 4 heterocycles. The Balaban J connectivity index is 1.59. The number of carbonyl (C=O) groups is 3. The van der Waals surface area contributed by atoms with Gasteiger partial charge in [-0.25, -0.2) is 9.37 Å². The van der Waals surface area contributed by atoms with E-state index in [1.807, 2.05) is 0 Å². The van der Waals surface area contributed by atoms with Gasteiger partial charge in [0, 0.05) is 12.1 Å². The average molecular weight is 562 g/mol. The zero-order valence-electron chi connectivity index (χ0n) is 17.2. The summed E-state index contributed by atoms with van der Waals surface area (Å²) < 4.78 is 55.0. The molecule has 180 valence electrons. The van der Waals surface area contributed by atoms with Crippen LogP contribution in [0.15, 0.2) is 28.9 Å². The van der Waals surface area contributed by atoms with Gasteiger partial charge in [0.15, 0.2) is 11.5 Å². The monoisotopic (exact) mass is 561 g/mol. The van der Waals surface area contributed by atoms with E-state index in [-0.39, 0.29) is 40.9 Å². The van der Waals surface area contributed by atoms with Crippen LogP contribution in [-0.2, 0) is 28.7 Å². The van der Waals surface area contributed by atoms with Crippen LogP contribution in [0, 0.1) is 0 Å². The zero-order chi connectivity index (χ0) is 24.8. The number of hydrogen-bond donors (Lipinski definition) is 1. The summed E-state index contributed by atoms with van der Waals surface area (Å²) >= 11 is 3.49. The SMILES string of the molecule is NC(=O)c1nn(CC(=O)N2C[C@H](F)C[C@H]2C(=O)Cc2cccc(Br)n2)c2cc(C(F)(F)F)sc12. The van der Waals surface area contributed by atoms with Gasteiger partial charge in [-0.3, -0.25) is 19.1 Å². The molecule has 1 aliphatic rings. The number of pyridine rings is 1. The van der Waals surface area contributed by atoms with Gasteiger partial charge in [0.25, 0.3) is 5.91 Å². The molecular formula is C20H16BrF4N5O3S. The van der Waals surface area contributed by atoms with Crippen molar-refractivity contribution in [2.24, 2.45) is 5.73 Å². The summed E-state index contributed by atoms with van der Waals surface area (Å²) in [6, 6.07) is 4.70. The standard InChI is InChI=1S/C20H16BrF4N5O3S/c21-15-3-1-2-10(27-15)5-13(31)11-4-9(22)7-29(11)16(32)8-30-12-6-14(20(23,24)25)34-18(12)17(28-30)19(26)33/h1-3,6,9,11H,4-5,7-8H2,(H2,26,33)/t9-,11+/m1/s1. The van der Waals surface area contributed by atoms with E-state index >= 15 is 0 Å². The summed E-state index contributed by atoms with van der Waals surface area (Å²) in [5, 5.41) is 3.89. The lowest BCUT2D eigenvalue weighted by Crippen LogP contribution is -2.43. The van der Waals surface area contributed by atoms with Crippen LogP contribution < -0.4 is 5.73 Å². The van der Waals surface area contributed by atoms with E-state index in [1.165, 1.54) is 0 Å². The molecule has 8 nitrogen and oxygen atoms in total. The Hall–Kier alpha value is -2.87. The van der Waals surface area contributed by atoms with Crippen molar-refractivity contribution in [1.29, 1.82) is 0 Å². The zero-order valence-corrected chi connectivity index (χ0v) is 19.6. The van der Waals surface area contributed by atoms with Gasteiger partial charge in [-0.05, 0) is 34.1 Å². The molecule has 0 bridgehead atoms. The Kier molecular flexibility index (Phi) is 6.46. The molecule has 2 amide bonds. The molecule has 0 spiro atoms. The first kappa shape index (κ1) is 24.3. The van der Waals surface area contributed by atoms with Crippen molar-refractivity contribution >= 4 is 55.1 Å². The third kappa shape index (κ3) is 4.82. The number of thiophene rings is 1. The van der Waals surface area contributed by atoms with E-state index in [0.717, 1.165) is 15.6 Å². The third-order valence-corrected chi connectivity index (χ3v) is 6.91. The summed E-state index contributed by atoms with van der Waals surface area (Å²) in [6.07, 6.45) is -6.43. The van der Waals surface area contributed by atoms with E-state index < -0.39 is 53.1 Å². The normalized spacial score (nSPS) is 18.6. The highest BCUT2D eigenvalue weighted by atomic mass is 79.9. The number of fused-ring (bicyclic) bond motifs is 1. The fraction of sp³-hybridized carbons (Fsp3) is 0.350. The van der Waals surface area contributed by atoms with E-state index in [9.17, 15) is 31.9 Å². The van der Waals surface area contributed by atoms with Crippen LogP contribution in [0.3, 0.4) is 0 Å². The molecule has 1 aliphatic heterocycles. The number of Topliss-reactive ketones (excluding diaryl/α,β-unsaturated/α-hetero) is 1. The van der Waals surface area contributed by atoms with E-state index in [0.29, 0.717) is 10.3 Å². The fourth-order valence-electron chi connectivity index (χ4n) is 3.81. The number of carbonyl (C=O) groups excluding carboxylic acids is 3. The lowest BCUT2D eigenvalue weighted by Gasteiger charge is -2.23. The first-order valence-corrected chi connectivity index (χ1v) is 11.5. The van der Waals surface area contributed by atoms with Crippen molar-refractivity contribution < 1.29 is 31.9 Å². The quantitative estimate of drug-likeness (QED) is 0.367. The number of primary amides is 1. The van der Waals surface area contributed by atoms with Crippen LogP contribution >= 0.6 is 27.3 Å². The lowest BCUT2D eigenvalue weighted by molar-refractivity contribution is -0.138. The molecule has 0 saturated carbocycles. The predicted molar refractivity (Wildman–Crippen MR) is 117 cm³/mol. The van der Waals surface area contributed by atoms with Crippen LogP contribution in [0.25, 0.3) is 10.2 Å². The summed E-state index contributed by atoms with van der Waals surface area (Å²) in [5.41, 5.74) is 5.18. The Morgan fingerprint density at radius 3 is 2.65 bits per heavy atom. The molecule has 2 atom stereocenters.